The van der Waals surface area contributed by atoms with Gasteiger partial charge in [0.15, 0.2) is 17.2 Å². The summed E-state index contributed by atoms with van der Waals surface area (Å²) in [7, 11) is 0. The summed E-state index contributed by atoms with van der Waals surface area (Å²) in [6, 6.07) is 12.3. The minimum atomic E-state index is -2.30. The van der Waals surface area contributed by atoms with Crippen molar-refractivity contribution < 1.29 is 29.3 Å². The molecule has 1 unspecified atom stereocenters. The lowest BCUT2D eigenvalue weighted by Crippen LogP contribution is -2.63. The Morgan fingerprint density at radius 1 is 1.05 bits per heavy atom. The third-order valence-electron chi connectivity index (χ3n) is 6.91. The zero-order valence-corrected chi connectivity index (χ0v) is 21.3. The van der Waals surface area contributed by atoms with Gasteiger partial charge in [-0.05, 0) is 27.7 Å². The van der Waals surface area contributed by atoms with E-state index in [0.717, 1.165) is 11.1 Å². The van der Waals surface area contributed by atoms with E-state index in [1.165, 1.54) is 4.90 Å². The minimum Gasteiger partial charge on any atom is -0.382 e. The van der Waals surface area contributed by atoms with Crippen molar-refractivity contribution in [3.63, 3.8) is 0 Å². The van der Waals surface area contributed by atoms with Crippen LogP contribution < -0.4 is 5.32 Å². The number of ketones is 2. The third-order valence-corrected chi connectivity index (χ3v) is 6.91. The molecule has 2 aromatic rings. The maximum Gasteiger partial charge on any atom is 0.327 e. The molecule has 10 heteroatoms. The van der Waals surface area contributed by atoms with E-state index in [1.54, 1.807) is 53.4 Å². The summed E-state index contributed by atoms with van der Waals surface area (Å²) in [4.78, 5) is 42.4. The number of amides is 2. The van der Waals surface area contributed by atoms with Gasteiger partial charge in [0.25, 0.3) is 0 Å². The normalized spacial score (nSPS) is 24.8. The second-order valence-corrected chi connectivity index (χ2v) is 9.96. The molecule has 2 saturated heterocycles. The molecule has 2 aliphatic heterocycles. The number of benzene rings is 2. The summed E-state index contributed by atoms with van der Waals surface area (Å²) in [5, 5.41) is 33.4. The predicted molar refractivity (Wildman–Crippen MR) is 135 cm³/mol. The van der Waals surface area contributed by atoms with Gasteiger partial charge in [0.2, 0.25) is 5.96 Å². The van der Waals surface area contributed by atoms with Gasteiger partial charge in [-0.15, -0.1) is 0 Å². The number of urea groups is 1. The molecule has 2 aromatic carbocycles. The van der Waals surface area contributed by atoms with Crippen molar-refractivity contribution in [3.8, 4) is 0 Å². The molecule has 0 bridgehead atoms. The largest absolute Gasteiger partial charge is 0.382 e. The number of rotatable bonds is 7. The van der Waals surface area contributed by atoms with Crippen LogP contribution in [-0.4, -0.2) is 80.3 Å². The number of ether oxygens (including phenoxy) is 1. The fraction of sp³-hybridized carbons (Fsp3) is 0.407. The second-order valence-electron chi connectivity index (χ2n) is 9.96. The maximum absolute atomic E-state index is 13.6. The van der Waals surface area contributed by atoms with Crippen LogP contribution >= 0.6 is 0 Å². The summed E-state index contributed by atoms with van der Waals surface area (Å²) < 4.78 is 5.97. The minimum absolute atomic E-state index is 0.0312. The molecule has 2 heterocycles. The predicted octanol–water partition coefficient (Wildman–Crippen LogP) is 2.20. The molecule has 4 rings (SSSR count). The number of aliphatic hydroxyl groups is 2. The molecule has 10 nitrogen and oxygen atoms in total. The van der Waals surface area contributed by atoms with Crippen molar-refractivity contribution in [2.45, 2.75) is 64.2 Å². The van der Waals surface area contributed by atoms with Gasteiger partial charge in [0.1, 0.15) is 25.1 Å². The Balaban J connectivity index is 1.69. The van der Waals surface area contributed by atoms with E-state index >= 15 is 0 Å². The van der Waals surface area contributed by atoms with Crippen LogP contribution in [0.2, 0.25) is 0 Å². The first-order valence-electron chi connectivity index (χ1n) is 12.1. The summed E-state index contributed by atoms with van der Waals surface area (Å²) in [5.74, 6) is -1.51. The van der Waals surface area contributed by atoms with Gasteiger partial charge < -0.3 is 19.8 Å². The van der Waals surface area contributed by atoms with Crippen LogP contribution in [0.15, 0.2) is 48.5 Å². The lowest BCUT2D eigenvalue weighted by atomic mass is 9.82. The van der Waals surface area contributed by atoms with Crippen LogP contribution in [0.3, 0.4) is 0 Å². The van der Waals surface area contributed by atoms with Crippen molar-refractivity contribution in [3.05, 3.63) is 70.8 Å². The first kappa shape index (κ1) is 26.5. The van der Waals surface area contributed by atoms with E-state index in [0.29, 0.717) is 0 Å². The molecule has 0 saturated carbocycles. The first-order chi connectivity index (χ1) is 17.4. The molecule has 4 N–H and O–H groups in total. The molecule has 0 aliphatic carbocycles. The van der Waals surface area contributed by atoms with Crippen LogP contribution in [-0.2, 0) is 4.74 Å². The highest BCUT2D eigenvalue weighted by Gasteiger charge is 2.59. The molecular formula is C27H32N4O6. The molecule has 0 spiro atoms. The highest BCUT2D eigenvalue weighted by Crippen LogP contribution is 2.38. The van der Waals surface area contributed by atoms with Crippen molar-refractivity contribution >= 4 is 23.6 Å². The fourth-order valence-corrected chi connectivity index (χ4v) is 4.62. The average Bonchev–Trinajstić information content (AvgIpc) is 3.21. The van der Waals surface area contributed by atoms with E-state index in [-0.39, 0.29) is 36.2 Å². The van der Waals surface area contributed by atoms with Gasteiger partial charge in [-0.2, -0.15) is 0 Å². The van der Waals surface area contributed by atoms with Crippen molar-refractivity contribution in [1.29, 1.82) is 5.41 Å². The zero-order chi connectivity index (χ0) is 27.1. The summed E-state index contributed by atoms with van der Waals surface area (Å²) >= 11 is 0. The molecule has 0 radical (unpaired) electrons. The Labute approximate surface area is 215 Å². The van der Waals surface area contributed by atoms with E-state index in [4.69, 9.17) is 10.1 Å². The van der Waals surface area contributed by atoms with Crippen LogP contribution in [0.5, 0.6) is 0 Å². The smallest absolute Gasteiger partial charge is 0.327 e. The summed E-state index contributed by atoms with van der Waals surface area (Å²) in [6.07, 6.45) is -5.02. The van der Waals surface area contributed by atoms with Gasteiger partial charge in [0.05, 0.1) is 0 Å². The number of carbonyl (C=O) groups is 3. The topological polar surface area (TPSA) is 143 Å². The SMILES string of the molecule is Cc1ccc(C(=O)C(O)[C@H]2O[C@@H](N3CN(C(C)C)C(=N)NC3=O)C[C@@]2(O)C(=O)c2ccc(C)cc2)cc1. The number of hydrogen-bond acceptors (Lipinski definition) is 7. The molecule has 196 valence electrons. The molecule has 4 atom stereocenters. The summed E-state index contributed by atoms with van der Waals surface area (Å²) in [5.41, 5.74) is -0.0771. The average molecular weight is 509 g/mol. The molecule has 2 amide bonds. The van der Waals surface area contributed by atoms with Gasteiger partial charge in [-0.3, -0.25) is 25.2 Å². The number of nitrogens with one attached hydrogen (secondary N) is 2. The Hall–Kier alpha value is -3.60. The van der Waals surface area contributed by atoms with Crippen LogP contribution in [0.4, 0.5) is 4.79 Å². The van der Waals surface area contributed by atoms with Gasteiger partial charge >= 0.3 is 6.03 Å². The number of guanidine groups is 1. The molecular weight excluding hydrogens is 476 g/mol. The van der Waals surface area contributed by atoms with Gasteiger partial charge in [0, 0.05) is 23.6 Å². The van der Waals surface area contributed by atoms with Crippen LogP contribution in [0, 0.1) is 19.3 Å². The number of carbonyl (C=O) groups excluding carboxylic acids is 3. The lowest BCUT2D eigenvalue weighted by molar-refractivity contribution is -0.105. The van der Waals surface area contributed by atoms with E-state index < -0.39 is 41.6 Å². The monoisotopic (exact) mass is 508 g/mol. The van der Waals surface area contributed by atoms with Crippen molar-refractivity contribution in [2.75, 3.05) is 6.67 Å². The third kappa shape index (κ3) is 5.00. The van der Waals surface area contributed by atoms with E-state index in [2.05, 4.69) is 5.32 Å². The highest BCUT2D eigenvalue weighted by atomic mass is 16.6. The lowest BCUT2D eigenvalue weighted by Gasteiger charge is -2.41. The first-order valence-corrected chi connectivity index (χ1v) is 12.1. The maximum atomic E-state index is 13.6. The Bertz CT molecular complexity index is 1210. The van der Waals surface area contributed by atoms with Crippen molar-refractivity contribution in [2.24, 2.45) is 0 Å². The van der Waals surface area contributed by atoms with Crippen LogP contribution in [0.1, 0.15) is 52.1 Å². The van der Waals surface area contributed by atoms with Crippen LogP contribution in [0.25, 0.3) is 0 Å². The number of nitrogens with zero attached hydrogens (tertiary/aromatic N) is 2. The molecule has 2 aliphatic rings. The summed E-state index contributed by atoms with van der Waals surface area (Å²) in [6.45, 7) is 7.39. The molecule has 37 heavy (non-hydrogen) atoms. The number of aliphatic hydroxyl groups excluding tert-OH is 1. The number of hydrogen-bond donors (Lipinski definition) is 4. The quantitative estimate of drug-likeness (QED) is 0.420. The van der Waals surface area contributed by atoms with Crippen molar-refractivity contribution in [1.82, 2.24) is 15.1 Å². The Morgan fingerprint density at radius 3 is 2.14 bits per heavy atom. The van der Waals surface area contributed by atoms with Gasteiger partial charge in [-0.25, -0.2) is 4.79 Å². The van der Waals surface area contributed by atoms with E-state index in [1.807, 2.05) is 27.7 Å². The molecule has 0 aromatic heterocycles. The number of aryl methyl sites for hydroxylation is 2. The second kappa shape index (κ2) is 10.0. The zero-order valence-electron chi connectivity index (χ0n) is 21.3. The van der Waals surface area contributed by atoms with Gasteiger partial charge in [-0.1, -0.05) is 59.7 Å². The fourth-order valence-electron chi connectivity index (χ4n) is 4.62. The molecule has 2 fully saturated rings. The van der Waals surface area contributed by atoms with E-state index in [9.17, 15) is 24.6 Å². The highest BCUT2D eigenvalue weighted by molar-refractivity contribution is 6.05. The Morgan fingerprint density at radius 2 is 1.59 bits per heavy atom. The number of Topliss-reactive ketones (excluding diaryl/α,β-unsaturated/α-hetero) is 2. The standard InChI is InChI=1S/C27H32N4O6/c1-15(2)30-14-31(26(35)29-25(30)28)20-13-27(36,23(34)19-11-7-17(4)8-12-19)24(37-20)22(33)21(32)18-9-5-16(3)6-10-18/h5-12,15,20,22,24,33,36H,13-14H2,1-4H3,(H2,28,29,35)/t20-,22?,24-,27-/m1/s1. The Kier molecular flexibility index (Phi) is 7.18.